The van der Waals surface area contributed by atoms with Gasteiger partial charge in [-0.1, -0.05) is 27.2 Å². The van der Waals surface area contributed by atoms with E-state index in [0.29, 0.717) is 12.3 Å². The molecule has 118 valence electrons. The highest BCUT2D eigenvalue weighted by Gasteiger charge is 2.61. The molecule has 2 bridgehead atoms. The predicted molar refractivity (Wildman–Crippen MR) is 79.6 cm³/mol. The van der Waals surface area contributed by atoms with Gasteiger partial charge in [-0.05, 0) is 48.9 Å². The van der Waals surface area contributed by atoms with Crippen molar-refractivity contribution < 1.29 is 14.7 Å². The molecule has 0 radical (unpaired) electrons. The summed E-state index contributed by atoms with van der Waals surface area (Å²) in [6.45, 7) is 6.95. The van der Waals surface area contributed by atoms with E-state index in [0.717, 1.165) is 19.3 Å². The third kappa shape index (κ3) is 2.01. The summed E-state index contributed by atoms with van der Waals surface area (Å²) in [7, 11) is 0. The summed E-state index contributed by atoms with van der Waals surface area (Å²) in [6, 6.07) is 0.216. The topological polar surface area (TPSA) is 66.4 Å². The number of aliphatic carboxylic acids is 1. The molecule has 3 unspecified atom stereocenters. The summed E-state index contributed by atoms with van der Waals surface area (Å²) in [5, 5.41) is 12.5. The van der Waals surface area contributed by atoms with Gasteiger partial charge in [-0.15, -0.1) is 0 Å². The van der Waals surface area contributed by atoms with Gasteiger partial charge in [-0.3, -0.25) is 9.59 Å². The van der Waals surface area contributed by atoms with Crippen molar-refractivity contribution in [1.82, 2.24) is 5.32 Å². The van der Waals surface area contributed by atoms with Crippen LogP contribution in [0.3, 0.4) is 0 Å². The lowest BCUT2D eigenvalue weighted by atomic mass is 9.69. The molecule has 0 aromatic rings. The molecule has 0 aromatic carbocycles. The van der Waals surface area contributed by atoms with Crippen molar-refractivity contribution in [2.45, 2.75) is 65.3 Å². The van der Waals surface area contributed by atoms with Crippen LogP contribution in [0, 0.1) is 28.6 Å². The molecule has 4 nitrogen and oxygen atoms in total. The van der Waals surface area contributed by atoms with Crippen molar-refractivity contribution in [2.24, 2.45) is 28.6 Å². The molecule has 3 fully saturated rings. The van der Waals surface area contributed by atoms with Crippen LogP contribution in [0.15, 0.2) is 0 Å². The summed E-state index contributed by atoms with van der Waals surface area (Å²) in [6.07, 6.45) is 5.70. The maximum Gasteiger partial charge on any atom is 0.307 e. The molecule has 0 aromatic heterocycles. The number of carbonyl (C=O) groups is 2. The van der Waals surface area contributed by atoms with Gasteiger partial charge in [-0.25, -0.2) is 0 Å². The Labute approximate surface area is 126 Å². The fourth-order valence-corrected chi connectivity index (χ4v) is 5.27. The summed E-state index contributed by atoms with van der Waals surface area (Å²) in [5.74, 6) is -0.953. The first-order valence-corrected chi connectivity index (χ1v) is 8.30. The summed E-state index contributed by atoms with van der Waals surface area (Å²) in [5.41, 5.74) is 0.428. The van der Waals surface area contributed by atoms with Crippen LogP contribution in [-0.2, 0) is 9.59 Å². The second kappa shape index (κ2) is 4.72. The third-order valence-electron chi connectivity index (χ3n) is 7.28. The Morgan fingerprint density at radius 2 is 1.76 bits per heavy atom. The number of rotatable bonds is 3. The molecule has 0 spiro atoms. The van der Waals surface area contributed by atoms with E-state index in [1.807, 2.05) is 0 Å². The number of nitrogens with one attached hydrogen (secondary N) is 1. The van der Waals surface area contributed by atoms with E-state index < -0.39 is 11.9 Å². The van der Waals surface area contributed by atoms with Crippen molar-refractivity contribution in [3.05, 3.63) is 0 Å². The second-order valence-electron chi connectivity index (χ2n) is 8.15. The van der Waals surface area contributed by atoms with E-state index >= 15 is 0 Å². The van der Waals surface area contributed by atoms with Gasteiger partial charge >= 0.3 is 5.97 Å². The van der Waals surface area contributed by atoms with Gasteiger partial charge in [0.15, 0.2) is 0 Å². The quantitative estimate of drug-likeness (QED) is 0.841. The van der Waals surface area contributed by atoms with E-state index in [2.05, 4.69) is 26.1 Å². The Morgan fingerprint density at radius 1 is 1.10 bits per heavy atom. The van der Waals surface area contributed by atoms with E-state index in [1.165, 1.54) is 12.8 Å². The molecule has 3 saturated carbocycles. The zero-order valence-electron chi connectivity index (χ0n) is 13.3. The number of hydrogen-bond acceptors (Lipinski definition) is 2. The van der Waals surface area contributed by atoms with Gasteiger partial charge in [-0.2, -0.15) is 0 Å². The first kappa shape index (κ1) is 14.9. The summed E-state index contributed by atoms with van der Waals surface area (Å²) in [4.78, 5) is 23.8. The van der Waals surface area contributed by atoms with Gasteiger partial charge in [0.05, 0.1) is 11.8 Å². The molecule has 4 heteroatoms. The zero-order valence-corrected chi connectivity index (χ0v) is 13.3. The first-order valence-electron chi connectivity index (χ1n) is 8.30. The largest absolute Gasteiger partial charge is 0.481 e. The fourth-order valence-electron chi connectivity index (χ4n) is 5.27. The predicted octanol–water partition coefficient (Wildman–Crippen LogP) is 2.82. The van der Waals surface area contributed by atoms with Crippen LogP contribution in [0.4, 0.5) is 0 Å². The molecule has 0 saturated heterocycles. The van der Waals surface area contributed by atoms with Gasteiger partial charge in [0.2, 0.25) is 5.91 Å². The molecule has 2 N–H and O–H groups in total. The van der Waals surface area contributed by atoms with Crippen LogP contribution in [0.1, 0.15) is 59.3 Å². The number of carboxylic acid groups (broad SMARTS) is 1. The number of carbonyl (C=O) groups excluding carboxylic acids is 1. The average Bonchev–Trinajstić information content (AvgIpc) is 3.01. The monoisotopic (exact) mass is 293 g/mol. The minimum absolute atomic E-state index is 0.0190. The number of amides is 1. The smallest absolute Gasteiger partial charge is 0.307 e. The second-order valence-corrected chi connectivity index (χ2v) is 8.15. The van der Waals surface area contributed by atoms with Gasteiger partial charge in [0.1, 0.15) is 0 Å². The molecule has 21 heavy (non-hydrogen) atoms. The maximum absolute atomic E-state index is 12.6. The Bertz CT molecular complexity index is 473. The fraction of sp³-hybridized carbons (Fsp3) is 0.882. The van der Waals surface area contributed by atoms with Crippen molar-refractivity contribution >= 4 is 11.9 Å². The lowest BCUT2D eigenvalue weighted by Gasteiger charge is -2.40. The maximum atomic E-state index is 12.6. The van der Waals surface area contributed by atoms with Gasteiger partial charge < -0.3 is 10.4 Å². The number of carboxylic acids is 1. The van der Waals surface area contributed by atoms with Crippen molar-refractivity contribution in [3.8, 4) is 0 Å². The number of fused-ring (bicyclic) bond motifs is 2. The van der Waals surface area contributed by atoms with Crippen LogP contribution >= 0.6 is 0 Å². The molecule has 3 aliphatic carbocycles. The minimum Gasteiger partial charge on any atom is -0.481 e. The SMILES string of the molecule is CC1(C)C2CCC1(C)C(NC(=O)[C@@H]1CCC[C@@H]1C(=O)O)C2. The highest BCUT2D eigenvalue weighted by molar-refractivity contribution is 5.85. The lowest BCUT2D eigenvalue weighted by Crippen LogP contribution is -2.49. The van der Waals surface area contributed by atoms with E-state index in [4.69, 9.17) is 0 Å². The molecular weight excluding hydrogens is 266 g/mol. The third-order valence-corrected chi connectivity index (χ3v) is 7.28. The lowest BCUT2D eigenvalue weighted by molar-refractivity contribution is -0.146. The van der Waals surface area contributed by atoms with Crippen LogP contribution in [-0.4, -0.2) is 23.0 Å². The van der Waals surface area contributed by atoms with Crippen LogP contribution < -0.4 is 5.32 Å². The van der Waals surface area contributed by atoms with Crippen molar-refractivity contribution in [3.63, 3.8) is 0 Å². The van der Waals surface area contributed by atoms with Crippen LogP contribution in [0.25, 0.3) is 0 Å². The van der Waals surface area contributed by atoms with E-state index in [-0.39, 0.29) is 28.7 Å². The zero-order chi connectivity index (χ0) is 15.4. The van der Waals surface area contributed by atoms with E-state index in [9.17, 15) is 14.7 Å². The normalized spacial score (nSPS) is 44.0. The van der Waals surface area contributed by atoms with E-state index in [1.54, 1.807) is 0 Å². The first-order chi connectivity index (χ1) is 9.77. The Hall–Kier alpha value is -1.06. The Kier molecular flexibility index (Phi) is 3.34. The molecule has 0 heterocycles. The Balaban J connectivity index is 1.71. The summed E-state index contributed by atoms with van der Waals surface area (Å²) >= 11 is 0. The van der Waals surface area contributed by atoms with Gasteiger partial charge in [0, 0.05) is 6.04 Å². The van der Waals surface area contributed by atoms with Gasteiger partial charge in [0.25, 0.3) is 0 Å². The Morgan fingerprint density at radius 3 is 2.29 bits per heavy atom. The highest BCUT2D eigenvalue weighted by atomic mass is 16.4. The standard InChI is InChI=1S/C17H27NO3/c1-16(2)10-7-8-17(16,3)13(9-10)18-14(19)11-5-4-6-12(11)15(20)21/h10-13H,4-9H2,1-3H3,(H,18,19)(H,20,21)/t10?,11-,12+,13?,17?/m1/s1. The van der Waals surface area contributed by atoms with Crippen LogP contribution in [0.2, 0.25) is 0 Å². The molecule has 5 atom stereocenters. The van der Waals surface area contributed by atoms with Crippen molar-refractivity contribution in [1.29, 1.82) is 0 Å². The molecule has 3 aliphatic rings. The summed E-state index contributed by atoms with van der Waals surface area (Å²) < 4.78 is 0. The molecule has 3 rings (SSSR count). The molecule has 0 aliphatic heterocycles. The van der Waals surface area contributed by atoms with Crippen LogP contribution in [0.5, 0.6) is 0 Å². The molecule has 1 amide bonds. The minimum atomic E-state index is -0.813. The van der Waals surface area contributed by atoms with Crippen molar-refractivity contribution in [2.75, 3.05) is 0 Å². The highest BCUT2D eigenvalue weighted by Crippen LogP contribution is 2.65. The average molecular weight is 293 g/mol. The number of hydrogen-bond donors (Lipinski definition) is 2. The molecular formula is C17H27NO3.